The summed E-state index contributed by atoms with van der Waals surface area (Å²) in [6.07, 6.45) is 0. The van der Waals surface area contributed by atoms with Crippen LogP contribution in [0.2, 0.25) is 0 Å². The molecule has 1 atom stereocenters. The Balaban J connectivity index is 2.06. The van der Waals surface area contributed by atoms with Gasteiger partial charge in [-0.15, -0.1) is 0 Å². The molecule has 0 saturated heterocycles. The average Bonchev–Trinajstić information content (AvgIpc) is 2.47. The van der Waals surface area contributed by atoms with E-state index in [0.29, 0.717) is 5.56 Å². The molecule has 2 rings (SSSR count). The molecule has 0 heterocycles. The van der Waals surface area contributed by atoms with Crippen LogP contribution in [0.4, 0.5) is 5.69 Å². The van der Waals surface area contributed by atoms with Crippen LogP contribution >= 0.6 is 15.9 Å². The number of rotatable bonds is 4. The molecule has 1 amide bonds. The summed E-state index contributed by atoms with van der Waals surface area (Å²) in [7, 11) is 0. The molecule has 2 aromatic rings. The van der Waals surface area contributed by atoms with Gasteiger partial charge in [0.1, 0.15) is 0 Å². The SMILES string of the molecule is C[C@@H](NC(=O)c1ccc([N+](=O)[O-])cc1)c1ccc(Br)cc1. The van der Waals surface area contributed by atoms with Gasteiger partial charge in [-0.3, -0.25) is 14.9 Å². The van der Waals surface area contributed by atoms with Crippen molar-refractivity contribution in [2.75, 3.05) is 0 Å². The molecule has 0 unspecified atom stereocenters. The standard InChI is InChI=1S/C15H13BrN2O3/c1-10(11-2-6-13(16)7-3-11)17-15(19)12-4-8-14(9-5-12)18(20)21/h2-10H,1H3,(H,17,19)/t10-/m1/s1. The van der Waals surface area contributed by atoms with Crippen LogP contribution < -0.4 is 5.32 Å². The van der Waals surface area contributed by atoms with Crippen molar-refractivity contribution >= 4 is 27.5 Å². The van der Waals surface area contributed by atoms with Crippen LogP contribution in [0.25, 0.3) is 0 Å². The molecule has 0 aromatic heterocycles. The number of hydrogen-bond acceptors (Lipinski definition) is 3. The lowest BCUT2D eigenvalue weighted by atomic mass is 10.1. The second-order valence-electron chi connectivity index (χ2n) is 4.55. The Morgan fingerprint density at radius 3 is 2.24 bits per heavy atom. The number of amides is 1. The predicted molar refractivity (Wildman–Crippen MR) is 83.1 cm³/mol. The molecule has 5 nitrogen and oxygen atoms in total. The summed E-state index contributed by atoms with van der Waals surface area (Å²) in [6, 6.07) is 13.0. The molecule has 0 aliphatic rings. The number of carbonyl (C=O) groups excluding carboxylic acids is 1. The van der Waals surface area contributed by atoms with Crippen molar-refractivity contribution in [1.82, 2.24) is 5.32 Å². The molecule has 0 bridgehead atoms. The van der Waals surface area contributed by atoms with Gasteiger partial charge >= 0.3 is 0 Å². The van der Waals surface area contributed by atoms with E-state index in [-0.39, 0.29) is 17.6 Å². The first-order chi connectivity index (χ1) is 9.97. The number of nitrogens with one attached hydrogen (secondary N) is 1. The summed E-state index contributed by atoms with van der Waals surface area (Å²) in [4.78, 5) is 22.2. The van der Waals surface area contributed by atoms with Crippen molar-refractivity contribution in [1.29, 1.82) is 0 Å². The van der Waals surface area contributed by atoms with Crippen LogP contribution in [0.5, 0.6) is 0 Å². The molecule has 21 heavy (non-hydrogen) atoms. The third-order valence-electron chi connectivity index (χ3n) is 3.06. The smallest absolute Gasteiger partial charge is 0.269 e. The molecule has 6 heteroatoms. The minimum Gasteiger partial charge on any atom is -0.346 e. The molecule has 1 N–H and O–H groups in total. The van der Waals surface area contributed by atoms with Crippen LogP contribution in [0.15, 0.2) is 53.0 Å². The molecule has 0 saturated carbocycles. The van der Waals surface area contributed by atoms with E-state index >= 15 is 0 Å². The van der Waals surface area contributed by atoms with Crippen LogP contribution in [-0.2, 0) is 0 Å². The third-order valence-corrected chi connectivity index (χ3v) is 3.59. The van der Waals surface area contributed by atoms with Gasteiger partial charge in [0.2, 0.25) is 0 Å². The lowest BCUT2D eigenvalue weighted by molar-refractivity contribution is -0.384. The second kappa shape index (κ2) is 6.49. The Morgan fingerprint density at radius 1 is 1.14 bits per heavy atom. The molecule has 0 spiro atoms. The fourth-order valence-electron chi connectivity index (χ4n) is 1.85. The number of non-ortho nitro benzene ring substituents is 1. The molecular weight excluding hydrogens is 336 g/mol. The number of benzene rings is 2. The first kappa shape index (κ1) is 15.2. The fraction of sp³-hybridized carbons (Fsp3) is 0.133. The Labute approximate surface area is 130 Å². The maximum Gasteiger partial charge on any atom is 0.269 e. The van der Waals surface area contributed by atoms with Crippen LogP contribution in [0, 0.1) is 10.1 Å². The molecule has 0 fully saturated rings. The van der Waals surface area contributed by atoms with Crippen LogP contribution in [-0.4, -0.2) is 10.8 Å². The molecule has 108 valence electrons. The van der Waals surface area contributed by atoms with E-state index < -0.39 is 4.92 Å². The average molecular weight is 349 g/mol. The van der Waals surface area contributed by atoms with Crippen molar-refractivity contribution in [3.05, 3.63) is 74.2 Å². The van der Waals surface area contributed by atoms with E-state index in [2.05, 4.69) is 21.2 Å². The molecule has 2 aromatic carbocycles. The quantitative estimate of drug-likeness (QED) is 0.673. The number of nitro groups is 1. The summed E-state index contributed by atoms with van der Waals surface area (Å²) in [5.74, 6) is -0.264. The summed E-state index contributed by atoms with van der Waals surface area (Å²) in [5, 5.41) is 13.4. The van der Waals surface area contributed by atoms with Gasteiger partial charge in [-0.2, -0.15) is 0 Å². The van der Waals surface area contributed by atoms with Gasteiger partial charge in [-0.25, -0.2) is 0 Å². The normalized spacial score (nSPS) is 11.7. The highest BCUT2D eigenvalue weighted by atomic mass is 79.9. The maximum absolute atomic E-state index is 12.1. The van der Waals surface area contributed by atoms with E-state index in [9.17, 15) is 14.9 Å². The van der Waals surface area contributed by atoms with Crippen molar-refractivity contribution in [2.45, 2.75) is 13.0 Å². The van der Waals surface area contributed by atoms with Gasteiger partial charge < -0.3 is 5.32 Å². The Kier molecular flexibility index (Phi) is 4.70. The number of halogens is 1. The van der Waals surface area contributed by atoms with Crippen molar-refractivity contribution in [2.24, 2.45) is 0 Å². The number of nitrogens with zero attached hydrogens (tertiary/aromatic N) is 1. The second-order valence-corrected chi connectivity index (χ2v) is 5.47. The van der Waals surface area contributed by atoms with Crippen molar-refractivity contribution in [3.8, 4) is 0 Å². The van der Waals surface area contributed by atoms with Gasteiger partial charge in [-0.1, -0.05) is 28.1 Å². The zero-order valence-electron chi connectivity index (χ0n) is 11.2. The largest absolute Gasteiger partial charge is 0.346 e. The van der Waals surface area contributed by atoms with Crippen LogP contribution in [0.3, 0.4) is 0 Å². The van der Waals surface area contributed by atoms with E-state index in [1.807, 2.05) is 31.2 Å². The van der Waals surface area contributed by atoms with Crippen LogP contribution in [0.1, 0.15) is 28.9 Å². The van der Waals surface area contributed by atoms with E-state index in [4.69, 9.17) is 0 Å². The minimum atomic E-state index is -0.494. The Bertz CT molecular complexity index is 654. The zero-order chi connectivity index (χ0) is 15.4. The summed E-state index contributed by atoms with van der Waals surface area (Å²) >= 11 is 3.36. The number of nitro benzene ring substituents is 1. The lowest BCUT2D eigenvalue weighted by Crippen LogP contribution is -2.26. The monoisotopic (exact) mass is 348 g/mol. The van der Waals surface area contributed by atoms with Crippen molar-refractivity contribution in [3.63, 3.8) is 0 Å². The maximum atomic E-state index is 12.1. The first-order valence-corrected chi connectivity index (χ1v) is 7.07. The van der Waals surface area contributed by atoms with Crippen molar-refractivity contribution < 1.29 is 9.72 Å². The van der Waals surface area contributed by atoms with Gasteiger partial charge in [0, 0.05) is 22.2 Å². The highest BCUT2D eigenvalue weighted by molar-refractivity contribution is 9.10. The zero-order valence-corrected chi connectivity index (χ0v) is 12.8. The molecule has 0 radical (unpaired) electrons. The first-order valence-electron chi connectivity index (χ1n) is 6.28. The predicted octanol–water partition coefficient (Wildman–Crippen LogP) is 3.85. The van der Waals surface area contributed by atoms with E-state index in [0.717, 1.165) is 10.0 Å². The number of hydrogen-bond donors (Lipinski definition) is 1. The molecular formula is C15H13BrN2O3. The van der Waals surface area contributed by atoms with E-state index in [1.165, 1.54) is 24.3 Å². The minimum absolute atomic E-state index is 0.0347. The van der Waals surface area contributed by atoms with Gasteiger partial charge in [0.25, 0.3) is 11.6 Å². The van der Waals surface area contributed by atoms with E-state index in [1.54, 1.807) is 0 Å². The highest BCUT2D eigenvalue weighted by Gasteiger charge is 2.13. The Hall–Kier alpha value is -2.21. The lowest BCUT2D eigenvalue weighted by Gasteiger charge is -2.14. The van der Waals surface area contributed by atoms with Gasteiger partial charge in [0.05, 0.1) is 11.0 Å². The fourth-order valence-corrected chi connectivity index (χ4v) is 2.11. The Morgan fingerprint density at radius 2 is 1.71 bits per heavy atom. The van der Waals surface area contributed by atoms with Gasteiger partial charge in [0.15, 0.2) is 0 Å². The number of carbonyl (C=O) groups is 1. The molecule has 0 aliphatic carbocycles. The topological polar surface area (TPSA) is 72.2 Å². The summed E-state index contributed by atoms with van der Waals surface area (Å²) in [5.41, 5.74) is 1.34. The molecule has 0 aliphatic heterocycles. The van der Waals surface area contributed by atoms with Gasteiger partial charge in [-0.05, 0) is 36.8 Å². The third kappa shape index (κ3) is 3.88. The summed E-state index contributed by atoms with van der Waals surface area (Å²) < 4.78 is 0.972. The highest BCUT2D eigenvalue weighted by Crippen LogP contribution is 2.17. The summed E-state index contributed by atoms with van der Waals surface area (Å²) in [6.45, 7) is 1.88.